The predicted molar refractivity (Wildman–Crippen MR) is 323 cm³/mol. The van der Waals surface area contributed by atoms with Crippen LogP contribution in [-0.4, -0.2) is 166 Å². The minimum Gasteiger partial charge on any atom is -0.493 e. The molecule has 23 heteroatoms. The van der Waals surface area contributed by atoms with E-state index in [1.54, 1.807) is 66.1 Å². The van der Waals surface area contributed by atoms with Gasteiger partial charge in [0.25, 0.3) is 0 Å². The van der Waals surface area contributed by atoms with Crippen molar-refractivity contribution in [3.63, 3.8) is 0 Å². The first-order valence-electron chi connectivity index (χ1n) is 29.8. The van der Waals surface area contributed by atoms with Gasteiger partial charge in [-0.25, -0.2) is 0 Å². The number of esters is 4. The number of aryl methyl sites for hydroxylation is 1. The Balaban J connectivity index is 0.000000340. The van der Waals surface area contributed by atoms with Crippen LogP contribution in [0.1, 0.15) is 121 Å². The summed E-state index contributed by atoms with van der Waals surface area (Å²) in [6.07, 6.45) is -3.64. The zero-order chi connectivity index (χ0) is 63.6. The number of pyridine rings is 1. The molecule has 0 aliphatic carbocycles. The maximum atomic E-state index is 14.4. The second-order valence-corrected chi connectivity index (χ2v) is 24.8. The van der Waals surface area contributed by atoms with Crippen molar-refractivity contribution in [3.8, 4) is 17.2 Å². The molecule has 1 spiro atoms. The monoisotopic (exact) mass is 1250 g/mol. The Labute approximate surface area is 516 Å². The zero-order valence-corrected chi connectivity index (χ0v) is 54.5. The molecule has 4 aliphatic rings. The molecule has 5 heterocycles. The Bertz CT molecular complexity index is 2810. The zero-order valence-electron chi connectivity index (χ0n) is 53.0. The lowest BCUT2D eigenvalue weighted by Crippen LogP contribution is -2.58. The Morgan fingerprint density at radius 2 is 1.47 bits per heavy atom. The summed E-state index contributed by atoms with van der Waals surface area (Å²) in [7, 11) is 6.94. The molecule has 0 bridgehead atoms. The highest BCUT2D eigenvalue weighted by Crippen LogP contribution is 2.46. The number of likely N-dealkylation sites (N-methyl/N-ethyl adjacent to an activating group) is 1. The van der Waals surface area contributed by atoms with Gasteiger partial charge in [-0.2, -0.15) is 0 Å². The first-order valence-corrected chi connectivity index (χ1v) is 30.6. The number of Topliss-reactive ketones (excluding diaryl/α,β-unsaturated/α-hetero) is 1. The summed E-state index contributed by atoms with van der Waals surface area (Å²) in [5.74, 6) is -3.93. The van der Waals surface area contributed by atoms with Crippen LogP contribution in [0.25, 0.3) is 10.9 Å². The number of nitrogens with two attached hydrogens (primary N) is 1. The van der Waals surface area contributed by atoms with Crippen LogP contribution in [0.5, 0.6) is 17.2 Å². The number of nitrogens with zero attached hydrogens (tertiary/aromatic N) is 2. The van der Waals surface area contributed by atoms with Gasteiger partial charge in [0, 0.05) is 70.5 Å². The number of carbonyl (C=O) groups excluding carboxylic acids is 5. The highest BCUT2D eigenvalue weighted by molar-refractivity contribution is 6.42. The average Bonchev–Trinajstić information content (AvgIpc) is 1.56. The minimum absolute atomic E-state index is 0.162. The number of carbonyl (C=O) groups is 5. The van der Waals surface area contributed by atoms with E-state index in [1.807, 2.05) is 58.8 Å². The van der Waals surface area contributed by atoms with Gasteiger partial charge in [-0.05, 0) is 118 Å². The van der Waals surface area contributed by atoms with Crippen LogP contribution >= 0.6 is 23.2 Å². The molecule has 3 N–H and O–H groups in total. The fourth-order valence-electron chi connectivity index (χ4n) is 12.2. The molecule has 0 saturated carbocycles. The van der Waals surface area contributed by atoms with Crippen molar-refractivity contribution in [1.29, 1.82) is 0 Å². The number of anilines is 1. The van der Waals surface area contributed by atoms with Gasteiger partial charge in [0.05, 0.1) is 82.6 Å². The number of ketones is 1. The molecule has 4 fully saturated rings. The summed E-state index contributed by atoms with van der Waals surface area (Å²) in [6.45, 7) is 23.3. The molecule has 2 aromatic carbocycles. The van der Waals surface area contributed by atoms with E-state index in [0.29, 0.717) is 40.3 Å². The molecule has 21 nitrogen and oxygen atoms in total. The van der Waals surface area contributed by atoms with Crippen LogP contribution < -0.4 is 20.5 Å². The van der Waals surface area contributed by atoms with Gasteiger partial charge in [-0.15, -0.1) is 0 Å². The Morgan fingerprint density at radius 1 is 0.814 bits per heavy atom. The van der Waals surface area contributed by atoms with E-state index < -0.39 is 120 Å². The Morgan fingerprint density at radius 3 is 2.06 bits per heavy atom. The molecule has 7 rings (SSSR count). The SMILES string of the molecule is CO[C@H]1C[C@H](O[C@H]2[C@H](C)[C@@H](O[C@@H]3O[C@H](C)C[C@H](N(C)C)[C@H]3OC(C)=O)[C@@H](C)C[C@@]3(CO3)C(=O)[C@H](C)[C@@H](OC(C)=O)[C@@H](C)[C@@H](C)OC(=O)[C@@H]2C)O[C@@H](C)[C@@H]1OC(C)=O.COc1cc(N[C@H](C)CCCN)c2nccc(C)c2c1Oc1ccc(Cl)c(Cl)c1. The Hall–Kier alpha value is -4.94. The number of ether oxygens (including phenoxy) is 12. The van der Waals surface area contributed by atoms with E-state index in [2.05, 4.69) is 17.2 Å². The number of cyclic esters (lactones) is 1. The summed E-state index contributed by atoms with van der Waals surface area (Å²) in [5.41, 5.74) is 7.20. The third-order valence-electron chi connectivity index (χ3n) is 16.9. The second-order valence-electron chi connectivity index (χ2n) is 24.0. The normalized spacial score (nSPS) is 32.9. The number of hydrogen-bond donors (Lipinski definition) is 2. The van der Waals surface area contributed by atoms with E-state index in [1.165, 1.54) is 27.9 Å². The van der Waals surface area contributed by atoms with Gasteiger partial charge >= 0.3 is 23.9 Å². The number of halogens is 2. The molecule has 1 aromatic heterocycles. The molecule has 19 atom stereocenters. The molecular weight excluding hydrogens is 1160 g/mol. The van der Waals surface area contributed by atoms with Crippen molar-refractivity contribution < 1.29 is 80.8 Å². The number of aromatic nitrogens is 1. The van der Waals surface area contributed by atoms with E-state index in [9.17, 15) is 24.0 Å². The van der Waals surface area contributed by atoms with E-state index in [0.717, 1.165) is 35.0 Å². The number of fused-ring (bicyclic) bond motifs is 1. The summed E-state index contributed by atoms with van der Waals surface area (Å²) >= 11 is 12.2. The quantitative estimate of drug-likeness (QED) is 0.0724. The smallest absolute Gasteiger partial charge is 0.311 e. The van der Waals surface area contributed by atoms with Crippen molar-refractivity contribution in [3.05, 3.63) is 52.1 Å². The summed E-state index contributed by atoms with van der Waals surface area (Å²) in [4.78, 5) is 72.0. The molecule has 480 valence electrons. The first kappa shape index (κ1) is 70.2. The van der Waals surface area contributed by atoms with Crippen molar-refractivity contribution >= 4 is 69.5 Å². The maximum absolute atomic E-state index is 14.4. The topological polar surface area (TPSA) is 254 Å². The van der Waals surface area contributed by atoms with Gasteiger partial charge in [0.1, 0.15) is 24.1 Å². The van der Waals surface area contributed by atoms with Gasteiger partial charge < -0.3 is 72.8 Å². The third kappa shape index (κ3) is 17.5. The van der Waals surface area contributed by atoms with Crippen LogP contribution in [0.15, 0.2) is 36.5 Å². The number of rotatable bonds is 17. The standard InChI is InChI=1S/C41H67NO15.C22H25Cl2N3O2/c1-19-17-41(18-49-41)38(46)23(5)34(53-27(9)43)21(3)25(7)52-39(47)24(6)35(56-32-16-31(48-14)36(26(8)51-32)54-28(10)44)22(4)33(19)57-40-37(55-29(11)45)30(42(12)13)15-20(2)50-40;1-13-8-10-26-21-18(27-14(2)5-4-9-25)12-19(28-3)22(20(13)21)29-15-6-7-16(23)17(24)11-15/h19-26,30-37,40H,15-18H2,1-14H3;6-8,10-12,14,27H,4-5,9,25H2,1-3H3/t19-,20+,21-,22+,23+,24+,25+,26-,30-,31-,32-,33-,34-,35-,36-,37+,40-,41+;14-/m01/s1. The van der Waals surface area contributed by atoms with Crippen molar-refractivity contribution in [2.24, 2.45) is 35.3 Å². The van der Waals surface area contributed by atoms with E-state index in [4.69, 9.17) is 85.8 Å². The van der Waals surface area contributed by atoms with E-state index in [-0.39, 0.29) is 43.4 Å². The molecule has 0 amide bonds. The fourth-order valence-corrected chi connectivity index (χ4v) is 12.4. The van der Waals surface area contributed by atoms with Gasteiger partial charge in [-0.3, -0.25) is 29.0 Å². The fraction of sp³-hybridized carbons (Fsp3) is 0.683. The van der Waals surface area contributed by atoms with Crippen molar-refractivity contribution in [2.75, 3.05) is 46.8 Å². The van der Waals surface area contributed by atoms with Crippen LogP contribution in [0.2, 0.25) is 10.0 Å². The van der Waals surface area contributed by atoms with E-state index >= 15 is 0 Å². The maximum Gasteiger partial charge on any atom is 0.311 e. The van der Waals surface area contributed by atoms with Crippen LogP contribution in [0, 0.1) is 36.5 Å². The molecule has 86 heavy (non-hydrogen) atoms. The van der Waals surface area contributed by atoms with Gasteiger partial charge in [0.15, 0.2) is 47.7 Å². The molecule has 0 radical (unpaired) electrons. The summed E-state index contributed by atoms with van der Waals surface area (Å²) in [5, 5.41) is 5.32. The molecular formula is C63H92Cl2N4O17. The number of epoxide rings is 1. The molecule has 4 saturated heterocycles. The summed E-state index contributed by atoms with van der Waals surface area (Å²) in [6, 6.07) is 9.02. The molecule has 4 aliphatic heterocycles. The number of benzene rings is 2. The van der Waals surface area contributed by atoms with Crippen molar-refractivity contribution in [2.45, 2.75) is 207 Å². The lowest BCUT2D eigenvalue weighted by Gasteiger charge is -2.46. The highest BCUT2D eigenvalue weighted by atomic mass is 35.5. The highest BCUT2D eigenvalue weighted by Gasteiger charge is 2.58. The number of methoxy groups -OCH3 is 2. The predicted octanol–water partition coefficient (Wildman–Crippen LogP) is 9.81. The van der Waals surface area contributed by atoms with Gasteiger partial charge in [-0.1, -0.05) is 50.9 Å². The van der Waals surface area contributed by atoms with Gasteiger partial charge in [0.2, 0.25) is 0 Å². The van der Waals surface area contributed by atoms with Crippen molar-refractivity contribution in [1.82, 2.24) is 9.88 Å². The molecule has 3 aromatic rings. The first-order chi connectivity index (χ1) is 40.5. The Kier molecular flexibility index (Phi) is 25.3. The number of hydrogen-bond acceptors (Lipinski definition) is 21. The lowest BCUT2D eigenvalue weighted by molar-refractivity contribution is -0.301. The lowest BCUT2D eigenvalue weighted by atomic mass is 9.76. The largest absolute Gasteiger partial charge is 0.493 e. The molecule has 0 unspecified atom stereocenters. The van der Waals surface area contributed by atoms with Crippen LogP contribution in [0.4, 0.5) is 5.69 Å². The minimum atomic E-state index is -1.19. The van der Waals surface area contributed by atoms with Crippen LogP contribution in [0.3, 0.4) is 0 Å². The third-order valence-corrected chi connectivity index (χ3v) is 17.7. The number of nitrogens with one attached hydrogen (secondary N) is 1. The van der Waals surface area contributed by atoms with Crippen LogP contribution in [-0.2, 0) is 71.3 Å². The summed E-state index contributed by atoms with van der Waals surface area (Å²) < 4.78 is 73.4. The second kappa shape index (κ2) is 31.0. The average molecular weight is 1250 g/mol.